The van der Waals surface area contributed by atoms with Crippen LogP contribution in [0.15, 0.2) is 64.1 Å². The Labute approximate surface area is 170 Å². The standard InChI is InChI=1S/C23H25FN4O/c24-22-14-17(9-10-21(22)18-7-3-1-4-8-18)13-19-15-20(29-27-19)16-26-23(25)28-11-5-2-6-12-28/h1,3-4,7-10,14-15H,2,5-6,11-13,16H2,(H2,25,26). The molecule has 0 saturated carbocycles. The lowest BCUT2D eigenvalue weighted by atomic mass is 10.0. The summed E-state index contributed by atoms with van der Waals surface area (Å²) in [5, 5.41) is 4.09. The molecule has 5 nitrogen and oxygen atoms in total. The molecule has 1 aromatic heterocycles. The summed E-state index contributed by atoms with van der Waals surface area (Å²) in [6.45, 7) is 2.28. The zero-order valence-electron chi connectivity index (χ0n) is 16.4. The fourth-order valence-corrected chi connectivity index (χ4v) is 3.63. The first kappa shape index (κ1) is 19.2. The molecule has 0 atom stereocenters. The zero-order chi connectivity index (χ0) is 20.1. The second-order valence-electron chi connectivity index (χ2n) is 7.36. The van der Waals surface area contributed by atoms with Gasteiger partial charge in [0.2, 0.25) is 0 Å². The molecule has 3 aromatic rings. The van der Waals surface area contributed by atoms with Crippen LogP contribution >= 0.6 is 0 Å². The van der Waals surface area contributed by atoms with Crippen molar-refractivity contribution in [1.29, 1.82) is 0 Å². The summed E-state index contributed by atoms with van der Waals surface area (Å²) >= 11 is 0. The molecule has 1 fully saturated rings. The molecular formula is C23H25FN4O. The number of benzene rings is 2. The Balaban J connectivity index is 1.39. The minimum Gasteiger partial charge on any atom is -0.370 e. The van der Waals surface area contributed by atoms with Gasteiger partial charge in [-0.05, 0) is 36.5 Å². The van der Waals surface area contributed by atoms with Crippen LogP contribution in [0.4, 0.5) is 4.39 Å². The van der Waals surface area contributed by atoms with Gasteiger partial charge in [0.1, 0.15) is 12.4 Å². The second kappa shape index (κ2) is 8.90. The van der Waals surface area contributed by atoms with Gasteiger partial charge >= 0.3 is 0 Å². The predicted octanol–water partition coefficient (Wildman–Crippen LogP) is 4.37. The lowest BCUT2D eigenvalue weighted by molar-refractivity contribution is 0.336. The average molecular weight is 392 g/mol. The van der Waals surface area contributed by atoms with Crippen LogP contribution in [0.3, 0.4) is 0 Å². The van der Waals surface area contributed by atoms with Gasteiger partial charge in [-0.1, -0.05) is 47.6 Å². The van der Waals surface area contributed by atoms with Crippen LogP contribution in [0.5, 0.6) is 0 Å². The molecule has 0 unspecified atom stereocenters. The van der Waals surface area contributed by atoms with E-state index in [0.717, 1.165) is 42.8 Å². The Morgan fingerprint density at radius 2 is 1.86 bits per heavy atom. The van der Waals surface area contributed by atoms with Gasteiger partial charge in [-0.2, -0.15) is 0 Å². The second-order valence-corrected chi connectivity index (χ2v) is 7.36. The van der Waals surface area contributed by atoms with Gasteiger partial charge in [-0.3, -0.25) is 0 Å². The Kier molecular flexibility index (Phi) is 5.89. The summed E-state index contributed by atoms with van der Waals surface area (Å²) in [5.41, 5.74) is 9.13. The van der Waals surface area contributed by atoms with E-state index >= 15 is 0 Å². The van der Waals surface area contributed by atoms with Crippen LogP contribution in [0.25, 0.3) is 11.1 Å². The number of nitrogens with zero attached hydrogens (tertiary/aromatic N) is 3. The fourth-order valence-electron chi connectivity index (χ4n) is 3.63. The van der Waals surface area contributed by atoms with Crippen LogP contribution in [-0.2, 0) is 13.0 Å². The number of hydrogen-bond donors (Lipinski definition) is 1. The molecule has 1 aliphatic rings. The minimum atomic E-state index is -0.240. The van der Waals surface area contributed by atoms with E-state index in [2.05, 4.69) is 15.0 Å². The van der Waals surface area contributed by atoms with E-state index in [1.54, 1.807) is 6.07 Å². The van der Waals surface area contributed by atoms with Crippen molar-refractivity contribution in [3.63, 3.8) is 0 Å². The van der Waals surface area contributed by atoms with Crippen molar-refractivity contribution >= 4 is 5.96 Å². The highest BCUT2D eigenvalue weighted by Crippen LogP contribution is 2.24. The Morgan fingerprint density at radius 3 is 2.62 bits per heavy atom. The number of halogens is 1. The van der Waals surface area contributed by atoms with Crippen molar-refractivity contribution < 1.29 is 8.91 Å². The van der Waals surface area contributed by atoms with E-state index in [1.165, 1.54) is 6.42 Å². The maximum Gasteiger partial charge on any atom is 0.191 e. The zero-order valence-corrected chi connectivity index (χ0v) is 16.4. The van der Waals surface area contributed by atoms with Gasteiger partial charge in [0.25, 0.3) is 0 Å². The number of aromatic nitrogens is 1. The summed E-state index contributed by atoms with van der Waals surface area (Å²) in [6.07, 6.45) is 4.06. The molecular weight excluding hydrogens is 367 g/mol. The third-order valence-electron chi connectivity index (χ3n) is 5.19. The van der Waals surface area contributed by atoms with Crippen molar-refractivity contribution in [1.82, 2.24) is 10.1 Å². The number of aliphatic imine (C=N–C) groups is 1. The van der Waals surface area contributed by atoms with E-state index in [9.17, 15) is 4.39 Å². The van der Waals surface area contributed by atoms with Crippen LogP contribution < -0.4 is 5.73 Å². The van der Waals surface area contributed by atoms with Gasteiger partial charge in [0.15, 0.2) is 11.7 Å². The lowest BCUT2D eigenvalue weighted by Gasteiger charge is -2.27. The Hall–Kier alpha value is -3.15. The minimum absolute atomic E-state index is 0.240. The predicted molar refractivity (Wildman–Crippen MR) is 112 cm³/mol. The highest BCUT2D eigenvalue weighted by Gasteiger charge is 2.13. The van der Waals surface area contributed by atoms with Crippen molar-refractivity contribution in [3.8, 4) is 11.1 Å². The number of rotatable bonds is 5. The Bertz CT molecular complexity index is 978. The molecule has 1 saturated heterocycles. The summed E-state index contributed by atoms with van der Waals surface area (Å²) in [4.78, 5) is 6.53. The largest absolute Gasteiger partial charge is 0.370 e. The smallest absolute Gasteiger partial charge is 0.191 e. The van der Waals surface area contributed by atoms with Crippen LogP contribution in [0.2, 0.25) is 0 Å². The molecule has 0 spiro atoms. The van der Waals surface area contributed by atoms with Crippen LogP contribution in [0, 0.1) is 5.82 Å². The van der Waals surface area contributed by atoms with Crippen molar-refractivity contribution in [2.24, 2.45) is 10.7 Å². The summed E-state index contributed by atoms with van der Waals surface area (Å²) < 4.78 is 19.9. The molecule has 2 N–H and O–H groups in total. The topological polar surface area (TPSA) is 67.6 Å². The normalized spacial score (nSPS) is 14.9. The maximum absolute atomic E-state index is 14.6. The van der Waals surface area contributed by atoms with Crippen LogP contribution in [-0.4, -0.2) is 29.1 Å². The van der Waals surface area contributed by atoms with Crippen molar-refractivity contribution in [2.45, 2.75) is 32.2 Å². The number of nitrogens with two attached hydrogens (primary N) is 1. The summed E-state index contributed by atoms with van der Waals surface area (Å²) in [7, 11) is 0. The van der Waals surface area contributed by atoms with Crippen molar-refractivity contribution in [3.05, 3.63) is 77.4 Å². The SMILES string of the molecule is NC(=NCc1cc(Cc2ccc(-c3ccccc3)c(F)c2)no1)N1CCCCC1. The number of likely N-dealkylation sites (tertiary alicyclic amines) is 1. The third-order valence-corrected chi connectivity index (χ3v) is 5.19. The van der Waals surface area contributed by atoms with E-state index in [0.29, 0.717) is 30.2 Å². The number of piperidine rings is 1. The molecule has 1 aliphatic heterocycles. The monoisotopic (exact) mass is 392 g/mol. The van der Waals surface area contributed by atoms with Gasteiger partial charge in [0, 0.05) is 31.1 Å². The first-order chi connectivity index (χ1) is 14.2. The Morgan fingerprint density at radius 1 is 1.07 bits per heavy atom. The summed E-state index contributed by atoms with van der Waals surface area (Å²) in [6, 6.07) is 16.7. The first-order valence-corrected chi connectivity index (χ1v) is 10.0. The quantitative estimate of drug-likeness (QED) is 0.517. The van der Waals surface area contributed by atoms with Crippen LogP contribution in [0.1, 0.15) is 36.3 Å². The van der Waals surface area contributed by atoms with E-state index in [4.69, 9.17) is 10.3 Å². The molecule has 0 amide bonds. The third kappa shape index (κ3) is 4.83. The molecule has 29 heavy (non-hydrogen) atoms. The van der Waals surface area contributed by atoms with Gasteiger partial charge in [-0.25, -0.2) is 9.38 Å². The van der Waals surface area contributed by atoms with Gasteiger partial charge in [-0.15, -0.1) is 0 Å². The summed E-state index contributed by atoms with van der Waals surface area (Å²) in [5.74, 6) is 0.971. The molecule has 0 bridgehead atoms. The number of hydrogen-bond acceptors (Lipinski definition) is 3. The molecule has 0 aliphatic carbocycles. The first-order valence-electron chi connectivity index (χ1n) is 10.0. The maximum atomic E-state index is 14.6. The fraction of sp³-hybridized carbons (Fsp3) is 0.304. The molecule has 6 heteroatoms. The van der Waals surface area contributed by atoms with Gasteiger partial charge < -0.3 is 15.2 Å². The van der Waals surface area contributed by atoms with E-state index in [1.807, 2.05) is 48.5 Å². The average Bonchev–Trinajstić information content (AvgIpc) is 3.20. The molecule has 2 aromatic carbocycles. The number of guanidine groups is 1. The molecule has 0 radical (unpaired) electrons. The molecule has 2 heterocycles. The lowest BCUT2D eigenvalue weighted by Crippen LogP contribution is -2.40. The van der Waals surface area contributed by atoms with Crippen molar-refractivity contribution in [2.75, 3.05) is 13.1 Å². The highest BCUT2D eigenvalue weighted by atomic mass is 19.1. The van der Waals surface area contributed by atoms with E-state index in [-0.39, 0.29) is 5.82 Å². The molecule has 150 valence electrons. The highest BCUT2D eigenvalue weighted by molar-refractivity contribution is 5.78. The van der Waals surface area contributed by atoms with Gasteiger partial charge in [0.05, 0.1) is 5.69 Å². The molecule has 4 rings (SSSR count). The van der Waals surface area contributed by atoms with E-state index < -0.39 is 0 Å².